The summed E-state index contributed by atoms with van der Waals surface area (Å²) in [5, 5.41) is 9.70. The smallest absolute Gasteiger partial charge is 0.192 e. The average molecular weight is 396 g/mol. The van der Waals surface area contributed by atoms with Crippen LogP contribution in [0.4, 0.5) is 0 Å². The van der Waals surface area contributed by atoms with E-state index in [1.165, 1.54) is 36.6 Å². The van der Waals surface area contributed by atoms with Gasteiger partial charge in [-0.1, -0.05) is 48.5 Å². The second kappa shape index (κ2) is 9.21. The van der Waals surface area contributed by atoms with Crippen LogP contribution in [-0.2, 0) is 13.1 Å². The van der Waals surface area contributed by atoms with E-state index >= 15 is 0 Å². The van der Waals surface area contributed by atoms with Gasteiger partial charge in [0, 0.05) is 6.20 Å². The van der Waals surface area contributed by atoms with Crippen molar-refractivity contribution in [3.8, 4) is 0 Å². The van der Waals surface area contributed by atoms with Gasteiger partial charge in [-0.25, -0.2) is 0 Å². The molecular formula is C21H25N5OS. The summed E-state index contributed by atoms with van der Waals surface area (Å²) in [4.78, 5) is 17.8. The zero-order valence-corrected chi connectivity index (χ0v) is 16.7. The van der Waals surface area contributed by atoms with E-state index in [0.717, 1.165) is 37.2 Å². The Bertz CT molecular complexity index is 885. The normalized spacial score (nSPS) is 15.0. The molecule has 1 fully saturated rings. The number of carbonyl (C=O) groups excluding carboxylic acids is 1. The molecule has 0 radical (unpaired) electrons. The Hall–Kier alpha value is -2.38. The van der Waals surface area contributed by atoms with E-state index in [1.807, 2.05) is 24.3 Å². The SMILES string of the molecule is O=C(CSc1nnc(CN2CCCCC2)n1Cc1ccccc1)c1ccc[nH]1. The van der Waals surface area contributed by atoms with E-state index in [2.05, 4.69) is 36.8 Å². The first-order chi connectivity index (χ1) is 13.8. The lowest BCUT2D eigenvalue weighted by Gasteiger charge is -2.26. The Balaban J connectivity index is 1.51. The molecule has 3 aromatic rings. The fourth-order valence-corrected chi connectivity index (χ4v) is 4.34. The Kier molecular flexibility index (Phi) is 6.24. The lowest BCUT2D eigenvalue weighted by molar-refractivity contribution is 0.101. The van der Waals surface area contributed by atoms with E-state index in [0.29, 0.717) is 11.4 Å². The topological polar surface area (TPSA) is 66.8 Å². The molecule has 1 N–H and O–H groups in total. The number of benzene rings is 1. The number of ketones is 1. The van der Waals surface area contributed by atoms with Crippen LogP contribution in [0.2, 0.25) is 0 Å². The number of carbonyl (C=O) groups is 1. The molecule has 0 unspecified atom stereocenters. The van der Waals surface area contributed by atoms with Crippen molar-refractivity contribution < 1.29 is 4.79 Å². The minimum atomic E-state index is 0.0711. The summed E-state index contributed by atoms with van der Waals surface area (Å²) in [5.41, 5.74) is 1.84. The molecule has 0 atom stereocenters. The van der Waals surface area contributed by atoms with Crippen LogP contribution in [0, 0.1) is 0 Å². The minimum absolute atomic E-state index is 0.0711. The van der Waals surface area contributed by atoms with Gasteiger partial charge < -0.3 is 9.55 Å². The fourth-order valence-electron chi connectivity index (χ4n) is 3.50. The van der Waals surface area contributed by atoms with Crippen LogP contribution in [0.25, 0.3) is 0 Å². The molecule has 0 bridgehead atoms. The highest BCUT2D eigenvalue weighted by Gasteiger charge is 2.19. The molecular weight excluding hydrogens is 370 g/mol. The van der Waals surface area contributed by atoms with Crippen molar-refractivity contribution in [2.45, 2.75) is 37.5 Å². The van der Waals surface area contributed by atoms with Crippen LogP contribution in [0.15, 0.2) is 53.8 Å². The van der Waals surface area contributed by atoms with Gasteiger partial charge in [0.15, 0.2) is 10.9 Å². The number of hydrogen-bond donors (Lipinski definition) is 1. The molecule has 3 heterocycles. The van der Waals surface area contributed by atoms with E-state index in [4.69, 9.17) is 0 Å². The minimum Gasteiger partial charge on any atom is -0.359 e. The molecule has 2 aromatic heterocycles. The third-order valence-electron chi connectivity index (χ3n) is 5.02. The second-order valence-electron chi connectivity index (χ2n) is 7.10. The number of piperidine rings is 1. The Labute approximate surface area is 169 Å². The number of aromatic nitrogens is 4. The molecule has 0 aliphatic carbocycles. The van der Waals surface area contributed by atoms with Crippen molar-refractivity contribution >= 4 is 17.5 Å². The maximum Gasteiger partial charge on any atom is 0.192 e. The van der Waals surface area contributed by atoms with Crippen LogP contribution in [-0.4, -0.2) is 49.3 Å². The molecule has 1 saturated heterocycles. The summed E-state index contributed by atoms with van der Waals surface area (Å²) in [6.45, 7) is 3.76. The van der Waals surface area contributed by atoms with Crippen LogP contribution in [0.1, 0.15) is 41.1 Å². The highest BCUT2D eigenvalue weighted by atomic mass is 32.2. The maximum atomic E-state index is 12.4. The van der Waals surface area contributed by atoms with Crippen molar-refractivity contribution in [3.05, 3.63) is 65.7 Å². The van der Waals surface area contributed by atoms with Crippen LogP contribution >= 0.6 is 11.8 Å². The molecule has 146 valence electrons. The van der Waals surface area contributed by atoms with E-state index in [-0.39, 0.29) is 5.78 Å². The first-order valence-corrected chi connectivity index (χ1v) is 10.8. The summed E-state index contributed by atoms with van der Waals surface area (Å²) in [7, 11) is 0. The van der Waals surface area contributed by atoms with E-state index in [9.17, 15) is 4.79 Å². The maximum absolute atomic E-state index is 12.4. The number of H-pyrrole nitrogens is 1. The monoisotopic (exact) mass is 395 g/mol. The number of Topliss-reactive ketones (excluding diaryl/α,β-unsaturated/α-hetero) is 1. The zero-order valence-electron chi connectivity index (χ0n) is 15.9. The number of hydrogen-bond acceptors (Lipinski definition) is 5. The van der Waals surface area contributed by atoms with Gasteiger partial charge in [0.2, 0.25) is 0 Å². The first kappa shape index (κ1) is 19.0. The number of nitrogens with one attached hydrogen (secondary N) is 1. The summed E-state index contributed by atoms with van der Waals surface area (Å²) in [6, 6.07) is 14.0. The number of likely N-dealkylation sites (tertiary alicyclic amines) is 1. The van der Waals surface area contributed by atoms with E-state index < -0.39 is 0 Å². The van der Waals surface area contributed by atoms with Crippen molar-refractivity contribution in [1.82, 2.24) is 24.6 Å². The number of rotatable bonds is 8. The summed E-state index contributed by atoms with van der Waals surface area (Å²) >= 11 is 1.46. The molecule has 1 aliphatic rings. The molecule has 28 heavy (non-hydrogen) atoms. The van der Waals surface area contributed by atoms with Crippen molar-refractivity contribution in [2.75, 3.05) is 18.8 Å². The number of nitrogens with zero attached hydrogens (tertiary/aromatic N) is 4. The van der Waals surface area contributed by atoms with Crippen LogP contribution in [0.3, 0.4) is 0 Å². The van der Waals surface area contributed by atoms with Crippen molar-refractivity contribution in [3.63, 3.8) is 0 Å². The van der Waals surface area contributed by atoms with E-state index in [1.54, 1.807) is 12.3 Å². The summed E-state index contributed by atoms with van der Waals surface area (Å²) < 4.78 is 2.16. The quantitative estimate of drug-likeness (QED) is 0.466. The van der Waals surface area contributed by atoms with Crippen LogP contribution in [0.5, 0.6) is 0 Å². The average Bonchev–Trinajstić information content (AvgIpc) is 3.39. The standard InChI is InChI=1S/C21H25N5OS/c27-19(18-10-7-11-22-18)16-28-21-24-23-20(15-25-12-5-2-6-13-25)26(21)14-17-8-3-1-4-9-17/h1,3-4,7-11,22H,2,5-6,12-16H2. The Morgan fingerprint density at radius 1 is 1.00 bits per heavy atom. The van der Waals surface area contributed by atoms with Gasteiger partial charge in [-0.2, -0.15) is 0 Å². The molecule has 0 spiro atoms. The molecule has 1 aliphatic heterocycles. The third-order valence-corrected chi connectivity index (χ3v) is 5.99. The number of thioether (sulfide) groups is 1. The molecule has 4 rings (SSSR count). The fraction of sp³-hybridized carbons (Fsp3) is 0.381. The molecule has 0 saturated carbocycles. The van der Waals surface area contributed by atoms with Gasteiger partial charge >= 0.3 is 0 Å². The lowest BCUT2D eigenvalue weighted by Crippen LogP contribution is -2.30. The lowest BCUT2D eigenvalue weighted by atomic mass is 10.1. The van der Waals surface area contributed by atoms with Gasteiger partial charge in [0.1, 0.15) is 5.82 Å². The van der Waals surface area contributed by atoms with Crippen molar-refractivity contribution in [1.29, 1.82) is 0 Å². The zero-order chi connectivity index (χ0) is 19.2. The first-order valence-electron chi connectivity index (χ1n) is 9.77. The predicted octanol–water partition coefficient (Wildman–Crippen LogP) is 3.62. The summed E-state index contributed by atoms with van der Waals surface area (Å²) in [6.07, 6.45) is 5.58. The van der Waals surface area contributed by atoms with Gasteiger partial charge in [-0.15, -0.1) is 10.2 Å². The molecule has 6 nitrogen and oxygen atoms in total. The van der Waals surface area contributed by atoms with Gasteiger partial charge in [-0.3, -0.25) is 9.69 Å². The molecule has 7 heteroatoms. The number of aromatic amines is 1. The Morgan fingerprint density at radius 2 is 1.82 bits per heavy atom. The highest BCUT2D eigenvalue weighted by Crippen LogP contribution is 2.21. The van der Waals surface area contributed by atoms with Crippen LogP contribution < -0.4 is 0 Å². The second-order valence-corrected chi connectivity index (χ2v) is 8.05. The molecule has 1 aromatic carbocycles. The van der Waals surface area contributed by atoms with Gasteiger partial charge in [0.25, 0.3) is 0 Å². The largest absolute Gasteiger partial charge is 0.359 e. The highest BCUT2D eigenvalue weighted by molar-refractivity contribution is 7.99. The summed E-state index contributed by atoms with van der Waals surface area (Å²) in [5.74, 6) is 1.39. The van der Waals surface area contributed by atoms with Crippen molar-refractivity contribution in [2.24, 2.45) is 0 Å². The van der Waals surface area contributed by atoms with Gasteiger partial charge in [0.05, 0.1) is 24.5 Å². The van der Waals surface area contributed by atoms with Gasteiger partial charge in [-0.05, 0) is 43.6 Å². The third kappa shape index (κ3) is 4.72. The Morgan fingerprint density at radius 3 is 2.57 bits per heavy atom. The predicted molar refractivity (Wildman–Crippen MR) is 111 cm³/mol. The molecule has 0 amide bonds.